The van der Waals surface area contributed by atoms with Crippen LogP contribution < -0.4 is 4.74 Å². The Morgan fingerprint density at radius 1 is 0.941 bits per heavy atom. The molecule has 4 unspecified atom stereocenters. The van der Waals surface area contributed by atoms with E-state index in [0.29, 0.717) is 12.2 Å². The quantitative estimate of drug-likeness (QED) is 0.429. The van der Waals surface area contributed by atoms with Crippen LogP contribution in [0.25, 0.3) is 0 Å². The minimum Gasteiger partial charge on any atom is -0.508 e. The zero-order valence-electron chi connectivity index (χ0n) is 20.6. The van der Waals surface area contributed by atoms with Crippen molar-refractivity contribution in [1.29, 1.82) is 10.5 Å². The molecule has 0 saturated carbocycles. The smallest absolute Gasteiger partial charge is 0.344 e. The van der Waals surface area contributed by atoms with Crippen molar-refractivity contribution in [3.8, 4) is 23.6 Å². The SMILES string of the molecule is CC(CC(CC(C#N)C(C)C#N)c1ccc(O)cc1)c1ccc(OCC(=O)OC(C)(C)C)cc1. The van der Waals surface area contributed by atoms with E-state index in [-0.39, 0.29) is 36.0 Å². The Balaban J connectivity index is 2.09. The average molecular weight is 463 g/mol. The second-order valence-corrected chi connectivity index (χ2v) is 9.76. The van der Waals surface area contributed by atoms with E-state index in [4.69, 9.17) is 9.47 Å². The maximum atomic E-state index is 11.9. The molecule has 180 valence electrons. The van der Waals surface area contributed by atoms with Crippen molar-refractivity contribution < 1.29 is 19.4 Å². The lowest BCUT2D eigenvalue weighted by Crippen LogP contribution is -2.27. The van der Waals surface area contributed by atoms with Gasteiger partial charge in [-0.3, -0.25) is 0 Å². The van der Waals surface area contributed by atoms with Crippen LogP contribution in [0.5, 0.6) is 11.5 Å². The van der Waals surface area contributed by atoms with Crippen molar-refractivity contribution in [2.45, 2.75) is 64.9 Å². The van der Waals surface area contributed by atoms with Crippen LogP contribution in [0.1, 0.15) is 70.4 Å². The molecule has 0 heterocycles. The fourth-order valence-electron chi connectivity index (χ4n) is 3.85. The molecule has 2 rings (SSSR count). The predicted molar refractivity (Wildman–Crippen MR) is 130 cm³/mol. The maximum absolute atomic E-state index is 11.9. The van der Waals surface area contributed by atoms with Crippen LogP contribution in [0.2, 0.25) is 0 Å². The molecule has 34 heavy (non-hydrogen) atoms. The van der Waals surface area contributed by atoms with E-state index in [9.17, 15) is 20.4 Å². The Kier molecular flexibility index (Phi) is 9.51. The van der Waals surface area contributed by atoms with Crippen LogP contribution >= 0.6 is 0 Å². The van der Waals surface area contributed by atoms with E-state index in [1.165, 1.54) is 0 Å². The first-order valence-corrected chi connectivity index (χ1v) is 11.5. The van der Waals surface area contributed by atoms with Gasteiger partial charge >= 0.3 is 5.97 Å². The molecule has 0 bridgehead atoms. The molecule has 0 aromatic heterocycles. The van der Waals surface area contributed by atoms with Gasteiger partial charge in [-0.1, -0.05) is 31.2 Å². The Bertz CT molecular complexity index is 1010. The number of aromatic hydroxyl groups is 1. The molecule has 0 amide bonds. The van der Waals surface area contributed by atoms with Gasteiger partial charge in [0.1, 0.15) is 17.1 Å². The number of carbonyl (C=O) groups is 1. The summed E-state index contributed by atoms with van der Waals surface area (Å²) in [5, 5.41) is 28.6. The summed E-state index contributed by atoms with van der Waals surface area (Å²) in [4.78, 5) is 11.9. The van der Waals surface area contributed by atoms with Crippen molar-refractivity contribution in [2.24, 2.45) is 11.8 Å². The van der Waals surface area contributed by atoms with Crippen LogP contribution in [-0.2, 0) is 9.53 Å². The summed E-state index contributed by atoms with van der Waals surface area (Å²) >= 11 is 0. The first-order valence-electron chi connectivity index (χ1n) is 11.5. The topological polar surface area (TPSA) is 103 Å². The molecule has 0 aliphatic carbocycles. The number of phenols is 1. The second kappa shape index (κ2) is 12.1. The number of phenolic OH excluding ortho intramolecular Hbond substituents is 1. The summed E-state index contributed by atoms with van der Waals surface area (Å²) in [7, 11) is 0. The molecule has 0 radical (unpaired) electrons. The molecular weight excluding hydrogens is 428 g/mol. The zero-order chi connectivity index (χ0) is 25.3. The van der Waals surface area contributed by atoms with Gasteiger partial charge in [-0.15, -0.1) is 0 Å². The van der Waals surface area contributed by atoms with E-state index < -0.39 is 11.6 Å². The van der Waals surface area contributed by atoms with Crippen molar-refractivity contribution in [1.82, 2.24) is 0 Å². The first kappa shape index (κ1) is 26.7. The molecule has 6 nitrogen and oxygen atoms in total. The average Bonchev–Trinajstić information content (AvgIpc) is 2.79. The van der Waals surface area contributed by atoms with Gasteiger partial charge in [-0.05, 0) is 87.8 Å². The molecular formula is C28H34N2O4. The van der Waals surface area contributed by atoms with E-state index in [1.807, 2.05) is 57.2 Å². The highest BCUT2D eigenvalue weighted by molar-refractivity contribution is 5.71. The third-order valence-electron chi connectivity index (χ3n) is 5.74. The second-order valence-electron chi connectivity index (χ2n) is 9.76. The summed E-state index contributed by atoms with van der Waals surface area (Å²) in [6, 6.07) is 19.2. The number of ether oxygens (including phenoxy) is 2. The third kappa shape index (κ3) is 8.45. The monoisotopic (exact) mass is 462 g/mol. The molecule has 0 aliphatic rings. The molecule has 2 aromatic carbocycles. The highest BCUT2D eigenvalue weighted by Gasteiger charge is 2.25. The predicted octanol–water partition coefficient (Wildman–Crippen LogP) is 6.08. The van der Waals surface area contributed by atoms with Gasteiger partial charge in [-0.25, -0.2) is 4.79 Å². The van der Waals surface area contributed by atoms with Crippen LogP contribution in [-0.4, -0.2) is 23.3 Å². The van der Waals surface area contributed by atoms with Gasteiger partial charge in [0.15, 0.2) is 6.61 Å². The number of carbonyl (C=O) groups excluding carboxylic acids is 1. The summed E-state index contributed by atoms with van der Waals surface area (Å²) in [5.41, 5.74) is 1.59. The number of esters is 1. The first-order chi connectivity index (χ1) is 16.0. The number of nitriles is 2. The van der Waals surface area contributed by atoms with Gasteiger partial charge < -0.3 is 14.6 Å². The molecule has 2 aromatic rings. The minimum absolute atomic E-state index is 0.0548. The molecule has 0 aliphatic heterocycles. The summed E-state index contributed by atoms with van der Waals surface area (Å²) < 4.78 is 10.8. The molecule has 0 spiro atoms. The van der Waals surface area contributed by atoms with Gasteiger partial charge in [-0.2, -0.15) is 10.5 Å². The third-order valence-corrected chi connectivity index (χ3v) is 5.74. The number of hydrogen-bond acceptors (Lipinski definition) is 6. The minimum atomic E-state index is -0.552. The lowest BCUT2D eigenvalue weighted by molar-refractivity contribution is -0.157. The normalized spacial score (nSPS) is 14.7. The summed E-state index contributed by atoms with van der Waals surface area (Å²) in [5.74, 6) is -0.139. The molecule has 0 saturated heterocycles. The van der Waals surface area contributed by atoms with E-state index in [1.54, 1.807) is 19.1 Å². The number of rotatable bonds is 10. The van der Waals surface area contributed by atoms with Crippen LogP contribution in [0.3, 0.4) is 0 Å². The maximum Gasteiger partial charge on any atom is 0.344 e. The van der Waals surface area contributed by atoms with Gasteiger partial charge in [0.05, 0.1) is 24.0 Å². The fourth-order valence-corrected chi connectivity index (χ4v) is 3.85. The van der Waals surface area contributed by atoms with Crippen molar-refractivity contribution >= 4 is 5.97 Å². The van der Waals surface area contributed by atoms with Crippen LogP contribution in [0.15, 0.2) is 48.5 Å². The molecule has 4 atom stereocenters. The lowest BCUT2D eigenvalue weighted by atomic mass is 9.78. The summed E-state index contributed by atoms with van der Waals surface area (Å²) in [6.07, 6.45) is 1.34. The van der Waals surface area contributed by atoms with E-state index in [0.717, 1.165) is 17.5 Å². The highest BCUT2D eigenvalue weighted by atomic mass is 16.6. The van der Waals surface area contributed by atoms with E-state index in [2.05, 4.69) is 19.1 Å². The Labute approximate surface area is 202 Å². The van der Waals surface area contributed by atoms with Gasteiger partial charge in [0, 0.05) is 0 Å². The van der Waals surface area contributed by atoms with Crippen LogP contribution in [0, 0.1) is 34.5 Å². The van der Waals surface area contributed by atoms with Crippen molar-refractivity contribution in [3.63, 3.8) is 0 Å². The van der Waals surface area contributed by atoms with Crippen molar-refractivity contribution in [2.75, 3.05) is 6.61 Å². The number of hydrogen-bond donors (Lipinski definition) is 1. The Morgan fingerprint density at radius 3 is 2.06 bits per heavy atom. The highest BCUT2D eigenvalue weighted by Crippen LogP contribution is 2.36. The number of nitrogens with zero attached hydrogens (tertiary/aromatic N) is 2. The molecule has 6 heteroatoms. The zero-order valence-corrected chi connectivity index (χ0v) is 20.6. The Morgan fingerprint density at radius 2 is 1.53 bits per heavy atom. The lowest BCUT2D eigenvalue weighted by Gasteiger charge is -2.25. The van der Waals surface area contributed by atoms with Gasteiger partial charge in [0.25, 0.3) is 0 Å². The van der Waals surface area contributed by atoms with E-state index >= 15 is 0 Å². The van der Waals surface area contributed by atoms with Gasteiger partial charge in [0.2, 0.25) is 0 Å². The van der Waals surface area contributed by atoms with Crippen molar-refractivity contribution in [3.05, 3.63) is 59.7 Å². The van der Waals surface area contributed by atoms with Crippen LogP contribution in [0.4, 0.5) is 0 Å². The molecule has 1 N–H and O–H groups in total. The summed E-state index contributed by atoms with van der Waals surface area (Å²) in [6.45, 7) is 9.19. The largest absolute Gasteiger partial charge is 0.508 e. The fraction of sp³-hybridized carbons (Fsp3) is 0.464. The molecule has 0 fully saturated rings. The number of benzene rings is 2. The standard InChI is InChI=1S/C28H34N2O4/c1-19(21-8-12-26(13-9-21)33-18-27(32)34-28(3,4)5)14-23(15-24(17-30)20(2)16-29)22-6-10-25(31)11-7-22/h6-13,19-20,23-24,31H,14-15,18H2,1-5H3. The Hall–Kier alpha value is -3.51.